The second kappa shape index (κ2) is 12.1. The summed E-state index contributed by atoms with van der Waals surface area (Å²) in [4.78, 5) is 36.2. The predicted octanol–water partition coefficient (Wildman–Crippen LogP) is 5.60. The Labute approximate surface area is 233 Å². The first-order chi connectivity index (χ1) is 18.5. The molecule has 11 heteroatoms. The highest BCUT2D eigenvalue weighted by molar-refractivity contribution is 6.33. The van der Waals surface area contributed by atoms with Gasteiger partial charge in [-0.1, -0.05) is 17.7 Å². The van der Waals surface area contributed by atoms with Crippen LogP contribution in [-0.2, 0) is 4.74 Å². The molecule has 1 N–H and O–H groups in total. The number of piperazine rings is 1. The lowest BCUT2D eigenvalue weighted by atomic mass is 9.92. The lowest BCUT2D eigenvalue weighted by Crippen LogP contribution is -2.50. The number of pyridine rings is 1. The summed E-state index contributed by atoms with van der Waals surface area (Å²) in [7, 11) is 0. The van der Waals surface area contributed by atoms with Crippen LogP contribution in [0.3, 0.4) is 0 Å². The van der Waals surface area contributed by atoms with Crippen LogP contribution in [0.2, 0.25) is 5.02 Å². The summed E-state index contributed by atoms with van der Waals surface area (Å²) in [6.45, 7) is 14.4. The van der Waals surface area contributed by atoms with Gasteiger partial charge in [-0.25, -0.2) is 19.0 Å². The Morgan fingerprint density at radius 2 is 1.82 bits per heavy atom. The maximum absolute atomic E-state index is 14.9. The summed E-state index contributed by atoms with van der Waals surface area (Å²) in [5.41, 5.74) is -0.283. The molecule has 1 saturated carbocycles. The van der Waals surface area contributed by atoms with E-state index in [2.05, 4.69) is 15.1 Å². The molecule has 0 spiro atoms. The van der Waals surface area contributed by atoms with E-state index in [0.717, 1.165) is 12.8 Å². The number of nitrogens with one attached hydrogen (secondary N) is 1. The van der Waals surface area contributed by atoms with E-state index in [1.807, 2.05) is 25.7 Å². The molecule has 0 radical (unpaired) electrons. The predicted molar refractivity (Wildman–Crippen MR) is 146 cm³/mol. The molecule has 1 aliphatic heterocycles. The van der Waals surface area contributed by atoms with Crippen LogP contribution in [-0.4, -0.2) is 65.8 Å². The largest absolute Gasteiger partial charge is 0.490 e. The third kappa shape index (κ3) is 7.51. The first-order valence-electron chi connectivity index (χ1n) is 13.1. The number of anilines is 1. The second-order valence-electron chi connectivity index (χ2n) is 10.8. The van der Waals surface area contributed by atoms with Gasteiger partial charge in [-0.05, 0) is 58.6 Å². The van der Waals surface area contributed by atoms with Gasteiger partial charge in [-0.2, -0.15) is 0 Å². The van der Waals surface area contributed by atoms with E-state index in [1.54, 1.807) is 23.1 Å². The van der Waals surface area contributed by atoms with E-state index in [9.17, 15) is 14.0 Å². The maximum Gasteiger partial charge on any atom is 0.410 e. The van der Waals surface area contributed by atoms with E-state index in [0.29, 0.717) is 61.3 Å². The molecule has 0 atom stereocenters. The van der Waals surface area contributed by atoms with Gasteiger partial charge in [0.2, 0.25) is 5.69 Å². The Morgan fingerprint density at radius 1 is 1.13 bits per heavy atom. The molecule has 1 aliphatic carbocycles. The van der Waals surface area contributed by atoms with E-state index in [4.69, 9.17) is 27.6 Å². The number of aromatic nitrogens is 1. The smallest absolute Gasteiger partial charge is 0.410 e. The molecule has 1 aromatic carbocycles. The van der Waals surface area contributed by atoms with Crippen molar-refractivity contribution in [1.29, 1.82) is 0 Å². The van der Waals surface area contributed by atoms with Gasteiger partial charge < -0.3 is 24.6 Å². The molecule has 2 heterocycles. The van der Waals surface area contributed by atoms with Gasteiger partial charge in [-0.3, -0.25) is 4.79 Å². The van der Waals surface area contributed by atoms with Crippen LogP contribution in [0.25, 0.3) is 4.85 Å². The second-order valence-corrected chi connectivity index (χ2v) is 11.2. The summed E-state index contributed by atoms with van der Waals surface area (Å²) in [6, 6.07) is 6.18. The molecule has 2 amide bonds. The van der Waals surface area contributed by atoms with E-state index >= 15 is 0 Å². The number of rotatable bonds is 5. The highest BCUT2D eigenvalue weighted by Crippen LogP contribution is 2.31. The molecular weight excluding hydrogens is 525 g/mol. The van der Waals surface area contributed by atoms with Gasteiger partial charge in [0, 0.05) is 44.5 Å². The van der Waals surface area contributed by atoms with Gasteiger partial charge in [0.05, 0.1) is 23.3 Å². The Balaban J connectivity index is 1.25. The Kier molecular flexibility index (Phi) is 8.80. The van der Waals surface area contributed by atoms with Crippen LogP contribution >= 0.6 is 11.6 Å². The third-order valence-electron chi connectivity index (χ3n) is 6.69. The summed E-state index contributed by atoms with van der Waals surface area (Å²) in [5, 5.41) is 3.27. The van der Waals surface area contributed by atoms with E-state index in [-0.39, 0.29) is 23.8 Å². The molecule has 4 rings (SSSR count). The minimum absolute atomic E-state index is 0.0264. The van der Waals surface area contributed by atoms with Crippen molar-refractivity contribution in [2.45, 2.75) is 64.2 Å². The van der Waals surface area contributed by atoms with Gasteiger partial charge >= 0.3 is 6.09 Å². The van der Waals surface area contributed by atoms with Crippen molar-refractivity contribution in [2.24, 2.45) is 0 Å². The molecule has 2 aliphatic rings. The zero-order valence-corrected chi connectivity index (χ0v) is 23.1. The highest BCUT2D eigenvalue weighted by Gasteiger charge is 2.28. The number of carbonyl (C=O) groups is 2. The maximum atomic E-state index is 14.9. The Hall–Kier alpha value is -3.58. The number of amides is 2. The first kappa shape index (κ1) is 28.4. The monoisotopic (exact) mass is 557 g/mol. The molecule has 0 unspecified atom stereocenters. The molecule has 208 valence electrons. The van der Waals surface area contributed by atoms with E-state index in [1.165, 1.54) is 12.3 Å². The molecule has 39 heavy (non-hydrogen) atoms. The Morgan fingerprint density at radius 3 is 2.41 bits per heavy atom. The number of halogens is 2. The van der Waals surface area contributed by atoms with Crippen molar-refractivity contribution >= 4 is 35.1 Å². The van der Waals surface area contributed by atoms with Crippen LogP contribution in [0.15, 0.2) is 30.5 Å². The van der Waals surface area contributed by atoms with Crippen LogP contribution in [0.1, 0.15) is 56.8 Å². The minimum Gasteiger partial charge on any atom is -0.490 e. The van der Waals surface area contributed by atoms with Crippen LogP contribution in [0, 0.1) is 12.4 Å². The number of carbonyl (C=O) groups excluding carboxylic acids is 2. The summed E-state index contributed by atoms with van der Waals surface area (Å²) >= 11 is 6.09. The van der Waals surface area contributed by atoms with Crippen molar-refractivity contribution < 1.29 is 23.5 Å². The van der Waals surface area contributed by atoms with Gasteiger partial charge in [-0.15, -0.1) is 0 Å². The van der Waals surface area contributed by atoms with Gasteiger partial charge in [0.25, 0.3) is 5.91 Å². The average Bonchev–Trinajstić information content (AvgIpc) is 2.89. The molecular formula is C28H33ClFN5O4. The highest BCUT2D eigenvalue weighted by atomic mass is 35.5. The molecule has 0 bridgehead atoms. The molecule has 2 fully saturated rings. The normalized spacial score (nSPS) is 19.7. The standard InChI is InChI=1S/C28H33ClFN5O4/c1-28(2,3)39-27(37)35-13-11-34(12-14-35)25-16-23(30)21(17-32-25)26(36)33-18-5-7-19(8-6-18)38-20-9-10-24(31-4)22(29)15-20/h9-10,15-19H,5-8,11-14H2,1-3H3,(H,33,36). The molecule has 1 saturated heterocycles. The topological polar surface area (TPSA) is 88.4 Å². The lowest BCUT2D eigenvalue weighted by Gasteiger charge is -2.36. The van der Waals surface area contributed by atoms with Crippen LogP contribution in [0.5, 0.6) is 5.75 Å². The average molecular weight is 558 g/mol. The number of hydrogen-bond acceptors (Lipinski definition) is 6. The molecule has 2 aromatic rings. The summed E-state index contributed by atoms with van der Waals surface area (Å²) < 4.78 is 26.3. The zero-order chi connectivity index (χ0) is 28.2. The number of ether oxygens (including phenoxy) is 2. The van der Waals surface area contributed by atoms with Crippen LogP contribution in [0.4, 0.5) is 20.7 Å². The Bertz CT molecular complexity index is 1250. The number of hydrogen-bond donors (Lipinski definition) is 1. The van der Waals surface area contributed by atoms with Crippen molar-refractivity contribution in [1.82, 2.24) is 15.2 Å². The number of nitrogens with zero attached hydrogens (tertiary/aromatic N) is 4. The summed E-state index contributed by atoms with van der Waals surface area (Å²) in [6.07, 6.45) is 3.71. The molecule has 9 nitrogen and oxygen atoms in total. The van der Waals surface area contributed by atoms with Crippen molar-refractivity contribution in [2.75, 3.05) is 31.1 Å². The fourth-order valence-corrected chi connectivity index (χ4v) is 4.85. The van der Waals surface area contributed by atoms with E-state index < -0.39 is 17.3 Å². The summed E-state index contributed by atoms with van der Waals surface area (Å²) in [5.74, 6) is -0.0922. The van der Waals surface area contributed by atoms with Crippen molar-refractivity contribution in [3.05, 3.63) is 58.3 Å². The SMILES string of the molecule is [C-]#[N+]c1ccc(OC2CCC(NC(=O)c3cnc(N4CCN(C(=O)OC(C)(C)C)CC4)cc3F)CC2)cc1Cl. The van der Waals surface area contributed by atoms with Gasteiger partial charge in [0.1, 0.15) is 23.0 Å². The fourth-order valence-electron chi connectivity index (χ4n) is 4.64. The third-order valence-corrected chi connectivity index (χ3v) is 6.99. The number of benzene rings is 1. The quantitative estimate of drug-likeness (QED) is 0.481. The fraction of sp³-hybridized carbons (Fsp3) is 0.500. The van der Waals surface area contributed by atoms with Gasteiger partial charge in [0.15, 0.2) is 0 Å². The van der Waals surface area contributed by atoms with Crippen molar-refractivity contribution in [3.63, 3.8) is 0 Å². The minimum atomic E-state index is -0.635. The lowest BCUT2D eigenvalue weighted by molar-refractivity contribution is 0.0240. The first-order valence-corrected chi connectivity index (χ1v) is 13.4. The molecule has 1 aromatic heterocycles. The zero-order valence-electron chi connectivity index (χ0n) is 22.4. The van der Waals surface area contributed by atoms with Crippen molar-refractivity contribution in [3.8, 4) is 5.75 Å². The van der Waals surface area contributed by atoms with Crippen LogP contribution < -0.4 is 15.0 Å².